The van der Waals surface area contributed by atoms with E-state index in [2.05, 4.69) is 14.6 Å². The van der Waals surface area contributed by atoms with Crippen LogP contribution in [-0.4, -0.2) is 61.5 Å². The highest BCUT2D eigenvalue weighted by Crippen LogP contribution is 2.16. The zero-order valence-electron chi connectivity index (χ0n) is 14.6. The Balaban J connectivity index is 1.59. The highest BCUT2D eigenvalue weighted by Gasteiger charge is 2.22. The number of pyridine rings is 1. The molecule has 0 unspecified atom stereocenters. The van der Waals surface area contributed by atoms with E-state index in [1.165, 1.54) is 5.56 Å². The smallest absolute Gasteiger partial charge is 0.254 e. The molecule has 8 heteroatoms. The zero-order valence-corrected chi connectivity index (χ0v) is 15.4. The number of anilines is 1. The monoisotopic (exact) mass is 374 g/mol. The molecule has 1 amide bonds. The summed E-state index contributed by atoms with van der Waals surface area (Å²) in [6, 6.07) is 10.6. The van der Waals surface area contributed by atoms with E-state index in [4.69, 9.17) is 0 Å². The van der Waals surface area contributed by atoms with Gasteiger partial charge in [-0.3, -0.25) is 19.4 Å². The molecule has 1 aromatic carbocycles. The van der Waals surface area contributed by atoms with Gasteiger partial charge in [0, 0.05) is 56.4 Å². The van der Waals surface area contributed by atoms with E-state index in [0.717, 1.165) is 25.9 Å². The normalized spacial score (nSPS) is 15.7. The molecule has 0 radical (unpaired) electrons. The van der Waals surface area contributed by atoms with Gasteiger partial charge in [-0.2, -0.15) is 0 Å². The number of piperazine rings is 1. The summed E-state index contributed by atoms with van der Waals surface area (Å²) in [5, 5.41) is 0. The topological polar surface area (TPSA) is 82.6 Å². The third-order valence-electron chi connectivity index (χ3n) is 4.23. The molecular weight excluding hydrogens is 352 g/mol. The van der Waals surface area contributed by atoms with Crippen molar-refractivity contribution in [3.8, 4) is 0 Å². The van der Waals surface area contributed by atoms with Gasteiger partial charge < -0.3 is 4.90 Å². The van der Waals surface area contributed by atoms with Crippen molar-refractivity contribution in [3.63, 3.8) is 0 Å². The van der Waals surface area contributed by atoms with Gasteiger partial charge in [0.05, 0.1) is 6.26 Å². The molecule has 138 valence electrons. The number of aromatic nitrogens is 1. The third-order valence-corrected chi connectivity index (χ3v) is 4.83. The van der Waals surface area contributed by atoms with E-state index in [1.807, 2.05) is 17.0 Å². The molecule has 1 fully saturated rings. The van der Waals surface area contributed by atoms with Gasteiger partial charge in [-0.1, -0.05) is 6.07 Å². The molecule has 1 aliphatic heterocycles. The average Bonchev–Trinajstić information content (AvgIpc) is 2.61. The number of benzene rings is 1. The van der Waals surface area contributed by atoms with E-state index >= 15 is 0 Å². The summed E-state index contributed by atoms with van der Waals surface area (Å²) in [7, 11) is -3.37. The Bertz CT molecular complexity index is 863. The summed E-state index contributed by atoms with van der Waals surface area (Å²) < 4.78 is 25.1. The van der Waals surface area contributed by atoms with Gasteiger partial charge in [-0.25, -0.2) is 8.42 Å². The van der Waals surface area contributed by atoms with E-state index in [9.17, 15) is 13.2 Å². The molecule has 1 aromatic heterocycles. The molecule has 7 nitrogen and oxygen atoms in total. The summed E-state index contributed by atoms with van der Waals surface area (Å²) >= 11 is 0. The minimum Gasteiger partial charge on any atom is -0.336 e. The first-order valence-corrected chi connectivity index (χ1v) is 10.3. The molecule has 3 rings (SSSR count). The summed E-state index contributed by atoms with van der Waals surface area (Å²) in [5.41, 5.74) is 2.09. The maximum Gasteiger partial charge on any atom is 0.254 e. The lowest BCUT2D eigenvalue weighted by Crippen LogP contribution is -2.48. The Morgan fingerprint density at radius 3 is 2.46 bits per heavy atom. The highest BCUT2D eigenvalue weighted by molar-refractivity contribution is 7.92. The first kappa shape index (κ1) is 18.3. The molecule has 26 heavy (non-hydrogen) atoms. The minimum absolute atomic E-state index is 0.0780. The van der Waals surface area contributed by atoms with Crippen LogP contribution >= 0.6 is 0 Å². The Morgan fingerprint density at radius 2 is 1.81 bits per heavy atom. The largest absolute Gasteiger partial charge is 0.336 e. The van der Waals surface area contributed by atoms with Crippen molar-refractivity contribution >= 4 is 21.6 Å². The second-order valence-electron chi connectivity index (χ2n) is 6.38. The Labute approximate surface area is 153 Å². The minimum atomic E-state index is -3.37. The van der Waals surface area contributed by atoms with Crippen molar-refractivity contribution in [1.29, 1.82) is 0 Å². The highest BCUT2D eigenvalue weighted by atomic mass is 32.2. The van der Waals surface area contributed by atoms with Gasteiger partial charge in [-0.15, -0.1) is 0 Å². The lowest BCUT2D eigenvalue weighted by atomic mass is 10.1. The number of nitrogens with one attached hydrogen (secondary N) is 1. The SMILES string of the molecule is CS(=O)(=O)Nc1cccc(C(=O)N2CCN(Cc3ccncc3)CC2)c1. The average molecular weight is 374 g/mol. The number of nitrogens with zero attached hydrogens (tertiary/aromatic N) is 3. The fraction of sp³-hybridized carbons (Fsp3) is 0.333. The standard InChI is InChI=1S/C18H22N4O3S/c1-26(24,25)20-17-4-2-3-16(13-17)18(23)22-11-9-21(10-12-22)14-15-5-7-19-8-6-15/h2-8,13,20H,9-12,14H2,1H3. The molecule has 0 bridgehead atoms. The molecule has 1 N–H and O–H groups in total. The van der Waals surface area contributed by atoms with E-state index < -0.39 is 10.0 Å². The molecule has 2 aromatic rings. The number of amides is 1. The molecule has 1 saturated heterocycles. The number of carbonyl (C=O) groups excluding carboxylic acids is 1. The maximum atomic E-state index is 12.7. The van der Waals surface area contributed by atoms with Crippen LogP contribution in [0.3, 0.4) is 0 Å². The van der Waals surface area contributed by atoms with Crippen molar-refractivity contribution in [2.24, 2.45) is 0 Å². The number of rotatable bonds is 5. The third kappa shape index (κ3) is 5.03. The zero-order chi connectivity index (χ0) is 18.6. The van der Waals surface area contributed by atoms with E-state index in [0.29, 0.717) is 24.3 Å². The van der Waals surface area contributed by atoms with Crippen LogP contribution in [0.15, 0.2) is 48.8 Å². The van der Waals surface area contributed by atoms with Gasteiger partial charge >= 0.3 is 0 Å². The van der Waals surface area contributed by atoms with Crippen LogP contribution in [0.1, 0.15) is 15.9 Å². The second kappa shape index (κ2) is 7.84. The van der Waals surface area contributed by atoms with Crippen LogP contribution in [-0.2, 0) is 16.6 Å². The molecule has 1 aliphatic rings. The van der Waals surface area contributed by atoms with Crippen LogP contribution < -0.4 is 4.72 Å². The van der Waals surface area contributed by atoms with Crippen LogP contribution in [0.25, 0.3) is 0 Å². The van der Waals surface area contributed by atoms with Crippen molar-refractivity contribution < 1.29 is 13.2 Å². The molecular formula is C18H22N4O3S. The quantitative estimate of drug-likeness (QED) is 0.856. The summed E-state index contributed by atoms with van der Waals surface area (Å²) in [5.74, 6) is -0.0780. The van der Waals surface area contributed by atoms with Crippen LogP contribution in [0.2, 0.25) is 0 Å². The van der Waals surface area contributed by atoms with Gasteiger partial charge in [0.2, 0.25) is 10.0 Å². The molecule has 0 atom stereocenters. The fourth-order valence-electron chi connectivity index (χ4n) is 2.97. The Morgan fingerprint density at radius 1 is 1.12 bits per heavy atom. The molecule has 0 spiro atoms. The molecule has 0 saturated carbocycles. The summed E-state index contributed by atoms with van der Waals surface area (Å²) in [6.07, 6.45) is 4.66. The Hall–Kier alpha value is -2.45. The number of carbonyl (C=O) groups is 1. The van der Waals surface area contributed by atoms with Gasteiger partial charge in [-0.05, 0) is 35.9 Å². The van der Waals surface area contributed by atoms with Gasteiger partial charge in [0.25, 0.3) is 5.91 Å². The van der Waals surface area contributed by atoms with Crippen LogP contribution in [0.4, 0.5) is 5.69 Å². The van der Waals surface area contributed by atoms with E-state index in [1.54, 1.807) is 36.7 Å². The maximum absolute atomic E-state index is 12.7. The predicted molar refractivity (Wildman–Crippen MR) is 100 cm³/mol. The predicted octanol–water partition coefficient (Wildman–Crippen LogP) is 1.41. The van der Waals surface area contributed by atoms with Crippen molar-refractivity contribution in [3.05, 3.63) is 59.9 Å². The van der Waals surface area contributed by atoms with Crippen LogP contribution in [0, 0.1) is 0 Å². The van der Waals surface area contributed by atoms with Crippen molar-refractivity contribution in [2.75, 3.05) is 37.2 Å². The van der Waals surface area contributed by atoms with Gasteiger partial charge in [0.1, 0.15) is 0 Å². The first-order valence-electron chi connectivity index (χ1n) is 8.39. The molecule has 2 heterocycles. The lowest BCUT2D eigenvalue weighted by molar-refractivity contribution is 0.0628. The van der Waals surface area contributed by atoms with Gasteiger partial charge in [0.15, 0.2) is 0 Å². The fourth-order valence-corrected chi connectivity index (χ4v) is 3.52. The second-order valence-corrected chi connectivity index (χ2v) is 8.13. The number of hydrogen-bond acceptors (Lipinski definition) is 5. The van der Waals surface area contributed by atoms with E-state index in [-0.39, 0.29) is 5.91 Å². The number of hydrogen-bond donors (Lipinski definition) is 1. The summed E-state index contributed by atoms with van der Waals surface area (Å²) in [4.78, 5) is 20.8. The molecule has 0 aliphatic carbocycles. The van der Waals surface area contributed by atoms with Crippen LogP contribution in [0.5, 0.6) is 0 Å². The number of sulfonamides is 1. The lowest BCUT2D eigenvalue weighted by Gasteiger charge is -2.34. The van der Waals surface area contributed by atoms with Crippen molar-refractivity contribution in [1.82, 2.24) is 14.8 Å². The Kier molecular flexibility index (Phi) is 5.53. The van der Waals surface area contributed by atoms with Crippen molar-refractivity contribution in [2.45, 2.75) is 6.54 Å². The summed E-state index contributed by atoms with van der Waals surface area (Å²) in [6.45, 7) is 3.74. The first-order chi connectivity index (χ1) is 12.4.